The van der Waals surface area contributed by atoms with Gasteiger partial charge in [0.1, 0.15) is 0 Å². The van der Waals surface area contributed by atoms with Gasteiger partial charge in [-0.25, -0.2) is 4.79 Å². The van der Waals surface area contributed by atoms with Gasteiger partial charge < -0.3 is 14.6 Å². The highest BCUT2D eigenvalue weighted by molar-refractivity contribution is 5.85. The summed E-state index contributed by atoms with van der Waals surface area (Å²) in [7, 11) is 0. The second-order valence-corrected chi connectivity index (χ2v) is 3.72. The van der Waals surface area contributed by atoms with E-state index >= 15 is 0 Å². The first-order chi connectivity index (χ1) is 8.23. The van der Waals surface area contributed by atoms with E-state index in [-0.39, 0.29) is 18.6 Å². The van der Waals surface area contributed by atoms with Crippen molar-refractivity contribution in [2.45, 2.75) is 45.8 Å². The number of hydrogen-bond acceptors (Lipinski definition) is 6. The molecule has 1 N–H and O–H groups in total. The predicted octanol–water partition coefficient (Wildman–Crippen LogP) is 0.304. The SMILES string of the molecule is CC(=O)C(C)OC(=O)C(C)OC(=O)CCC(=O)O. The number of hydrogen-bond donors (Lipinski definition) is 1. The van der Waals surface area contributed by atoms with E-state index in [2.05, 4.69) is 4.74 Å². The number of Topliss-reactive ketones (excluding diaryl/α,β-unsaturated/α-hetero) is 1. The number of carboxylic acids is 1. The largest absolute Gasteiger partial charge is 0.481 e. The molecule has 7 nitrogen and oxygen atoms in total. The third kappa shape index (κ3) is 6.62. The first kappa shape index (κ1) is 16.1. The van der Waals surface area contributed by atoms with E-state index in [1.807, 2.05) is 0 Å². The number of aliphatic carboxylic acids is 1. The molecule has 2 unspecified atom stereocenters. The molecule has 102 valence electrons. The molecular formula is C11H16O7. The molecule has 7 heteroatoms. The van der Waals surface area contributed by atoms with Crippen LogP contribution in [0.3, 0.4) is 0 Å². The molecule has 0 aliphatic rings. The highest BCUT2D eigenvalue weighted by Gasteiger charge is 2.23. The van der Waals surface area contributed by atoms with E-state index in [1.54, 1.807) is 0 Å². The van der Waals surface area contributed by atoms with Crippen LogP contribution >= 0.6 is 0 Å². The predicted molar refractivity (Wildman–Crippen MR) is 58.7 cm³/mol. The molecule has 0 heterocycles. The van der Waals surface area contributed by atoms with Crippen LogP contribution in [0, 0.1) is 0 Å². The zero-order chi connectivity index (χ0) is 14.3. The van der Waals surface area contributed by atoms with Crippen LogP contribution in [0.25, 0.3) is 0 Å². The topological polar surface area (TPSA) is 107 Å². The normalized spacial score (nSPS) is 13.3. The molecule has 0 amide bonds. The van der Waals surface area contributed by atoms with Crippen molar-refractivity contribution in [2.75, 3.05) is 0 Å². The van der Waals surface area contributed by atoms with Gasteiger partial charge >= 0.3 is 17.9 Å². The van der Waals surface area contributed by atoms with Crippen LogP contribution in [0.1, 0.15) is 33.6 Å². The lowest BCUT2D eigenvalue weighted by Gasteiger charge is -2.15. The molecule has 0 bridgehead atoms. The van der Waals surface area contributed by atoms with E-state index in [0.29, 0.717) is 0 Å². The Labute approximate surface area is 104 Å². The molecule has 0 spiro atoms. The van der Waals surface area contributed by atoms with Crippen molar-refractivity contribution in [3.8, 4) is 0 Å². The van der Waals surface area contributed by atoms with Crippen LogP contribution in [0.5, 0.6) is 0 Å². The van der Waals surface area contributed by atoms with Gasteiger partial charge in [0.2, 0.25) is 0 Å². The standard InChI is InChI=1S/C11H16O7/c1-6(12)7(2)18-11(16)8(3)17-10(15)5-4-9(13)14/h7-8H,4-5H2,1-3H3,(H,13,14). The minimum Gasteiger partial charge on any atom is -0.481 e. The lowest BCUT2D eigenvalue weighted by molar-refractivity contribution is -0.171. The summed E-state index contributed by atoms with van der Waals surface area (Å²) in [6, 6.07) is 0. The number of rotatable bonds is 7. The number of carboxylic acid groups (broad SMARTS) is 1. The van der Waals surface area contributed by atoms with Crippen molar-refractivity contribution in [3.05, 3.63) is 0 Å². The lowest BCUT2D eigenvalue weighted by Crippen LogP contribution is -2.31. The molecule has 0 radical (unpaired) electrons. The fraction of sp³-hybridized carbons (Fsp3) is 0.636. The van der Waals surface area contributed by atoms with E-state index in [0.717, 1.165) is 0 Å². The van der Waals surface area contributed by atoms with E-state index in [9.17, 15) is 19.2 Å². The van der Waals surface area contributed by atoms with Gasteiger partial charge in [0.15, 0.2) is 18.0 Å². The third-order valence-corrected chi connectivity index (χ3v) is 2.05. The van der Waals surface area contributed by atoms with Gasteiger partial charge in [-0.15, -0.1) is 0 Å². The number of carbonyl (C=O) groups excluding carboxylic acids is 3. The molecular weight excluding hydrogens is 244 g/mol. The van der Waals surface area contributed by atoms with E-state index in [4.69, 9.17) is 9.84 Å². The van der Waals surface area contributed by atoms with Crippen molar-refractivity contribution in [2.24, 2.45) is 0 Å². The first-order valence-corrected chi connectivity index (χ1v) is 5.36. The molecule has 0 aromatic heterocycles. The molecule has 0 saturated heterocycles. The maximum absolute atomic E-state index is 11.4. The van der Waals surface area contributed by atoms with Gasteiger partial charge in [-0.1, -0.05) is 0 Å². The van der Waals surface area contributed by atoms with Crippen LogP contribution in [0.2, 0.25) is 0 Å². The highest BCUT2D eigenvalue weighted by Crippen LogP contribution is 2.03. The van der Waals surface area contributed by atoms with Crippen molar-refractivity contribution >= 4 is 23.7 Å². The number of ketones is 1. The maximum Gasteiger partial charge on any atom is 0.347 e. The Bertz CT molecular complexity index is 347. The summed E-state index contributed by atoms with van der Waals surface area (Å²) in [5.74, 6) is -3.11. The van der Waals surface area contributed by atoms with Gasteiger partial charge in [0.05, 0.1) is 12.8 Å². The number of ether oxygens (including phenoxy) is 2. The Morgan fingerprint density at radius 3 is 2.00 bits per heavy atom. The summed E-state index contributed by atoms with van der Waals surface area (Å²) < 4.78 is 9.37. The fourth-order valence-corrected chi connectivity index (χ4v) is 0.866. The summed E-state index contributed by atoms with van der Waals surface area (Å²) >= 11 is 0. The smallest absolute Gasteiger partial charge is 0.347 e. The quantitative estimate of drug-likeness (QED) is 0.656. The second-order valence-electron chi connectivity index (χ2n) is 3.72. The van der Waals surface area contributed by atoms with E-state index < -0.39 is 30.1 Å². The monoisotopic (exact) mass is 260 g/mol. The highest BCUT2D eigenvalue weighted by atomic mass is 16.6. The van der Waals surface area contributed by atoms with Crippen LogP contribution in [-0.2, 0) is 28.7 Å². The molecule has 0 saturated carbocycles. The summed E-state index contributed by atoms with van der Waals surface area (Å²) in [6.07, 6.45) is -2.77. The molecule has 0 aliphatic carbocycles. The van der Waals surface area contributed by atoms with Crippen molar-refractivity contribution in [1.82, 2.24) is 0 Å². The Morgan fingerprint density at radius 2 is 1.56 bits per heavy atom. The zero-order valence-electron chi connectivity index (χ0n) is 10.5. The van der Waals surface area contributed by atoms with Crippen molar-refractivity contribution in [1.29, 1.82) is 0 Å². The molecule has 0 aromatic carbocycles. The Kier molecular flexibility index (Phi) is 6.62. The molecule has 0 aromatic rings. The van der Waals surface area contributed by atoms with Crippen molar-refractivity contribution in [3.63, 3.8) is 0 Å². The van der Waals surface area contributed by atoms with Gasteiger partial charge in [0, 0.05) is 0 Å². The minimum absolute atomic E-state index is 0.324. The van der Waals surface area contributed by atoms with Gasteiger partial charge in [0.25, 0.3) is 0 Å². The molecule has 0 fully saturated rings. The summed E-state index contributed by atoms with van der Waals surface area (Å²) in [6.45, 7) is 3.95. The summed E-state index contributed by atoms with van der Waals surface area (Å²) in [5.41, 5.74) is 0. The average molecular weight is 260 g/mol. The van der Waals surface area contributed by atoms with Gasteiger partial charge in [-0.3, -0.25) is 14.4 Å². The second kappa shape index (κ2) is 7.41. The minimum atomic E-state index is -1.17. The van der Waals surface area contributed by atoms with Crippen LogP contribution in [-0.4, -0.2) is 41.0 Å². The van der Waals surface area contributed by atoms with Gasteiger partial charge in [-0.2, -0.15) is 0 Å². The van der Waals surface area contributed by atoms with Gasteiger partial charge in [-0.05, 0) is 20.8 Å². The third-order valence-electron chi connectivity index (χ3n) is 2.05. The Morgan fingerprint density at radius 1 is 1.00 bits per heavy atom. The molecule has 18 heavy (non-hydrogen) atoms. The number of carbonyl (C=O) groups is 4. The Hall–Kier alpha value is -1.92. The average Bonchev–Trinajstić information content (AvgIpc) is 2.25. The molecule has 0 aliphatic heterocycles. The lowest BCUT2D eigenvalue weighted by atomic mass is 10.3. The van der Waals surface area contributed by atoms with Crippen LogP contribution in [0.15, 0.2) is 0 Å². The summed E-state index contributed by atoms with van der Waals surface area (Å²) in [5, 5.41) is 8.35. The summed E-state index contributed by atoms with van der Waals surface area (Å²) in [4.78, 5) is 43.5. The van der Waals surface area contributed by atoms with E-state index in [1.165, 1.54) is 20.8 Å². The number of esters is 2. The molecule has 0 rings (SSSR count). The Balaban J connectivity index is 4.11. The molecule has 2 atom stereocenters. The first-order valence-electron chi connectivity index (χ1n) is 5.36. The zero-order valence-corrected chi connectivity index (χ0v) is 10.5. The fourth-order valence-electron chi connectivity index (χ4n) is 0.866. The van der Waals surface area contributed by atoms with Crippen molar-refractivity contribution < 1.29 is 33.8 Å². The van der Waals surface area contributed by atoms with Crippen LogP contribution in [0.4, 0.5) is 0 Å². The van der Waals surface area contributed by atoms with Crippen LogP contribution < -0.4 is 0 Å². The maximum atomic E-state index is 11.4.